The van der Waals surface area contributed by atoms with Crippen LogP contribution in [0.2, 0.25) is 0 Å². The molecule has 0 amide bonds. The zero-order chi connectivity index (χ0) is 8.97. The fraction of sp³-hybridized carbons (Fsp3) is 0.500. The SMILES string of the molecule is Cc1[c]cnc(OCC(C)C)c1. The minimum atomic E-state index is 0.538. The molecule has 0 N–H and O–H groups in total. The quantitative estimate of drug-likeness (QED) is 0.683. The normalized spacial score (nSPS) is 10.3. The zero-order valence-electron chi connectivity index (χ0n) is 7.79. The molecule has 0 aliphatic carbocycles. The van der Waals surface area contributed by atoms with E-state index in [-0.39, 0.29) is 0 Å². The van der Waals surface area contributed by atoms with E-state index in [0.717, 1.165) is 12.2 Å². The van der Waals surface area contributed by atoms with Crippen molar-refractivity contribution in [3.8, 4) is 5.88 Å². The van der Waals surface area contributed by atoms with E-state index >= 15 is 0 Å². The van der Waals surface area contributed by atoms with Gasteiger partial charge in [-0.2, -0.15) is 0 Å². The van der Waals surface area contributed by atoms with Crippen molar-refractivity contribution < 1.29 is 4.74 Å². The van der Waals surface area contributed by atoms with Crippen LogP contribution in [0.3, 0.4) is 0 Å². The van der Waals surface area contributed by atoms with Crippen LogP contribution in [0.25, 0.3) is 0 Å². The van der Waals surface area contributed by atoms with Gasteiger partial charge in [0.15, 0.2) is 0 Å². The largest absolute Gasteiger partial charge is 0.477 e. The predicted molar refractivity (Wildman–Crippen MR) is 48.1 cm³/mol. The molecule has 0 atom stereocenters. The first kappa shape index (κ1) is 9.04. The Hall–Kier alpha value is -1.05. The third-order valence-electron chi connectivity index (χ3n) is 1.39. The topological polar surface area (TPSA) is 22.1 Å². The number of hydrogen-bond acceptors (Lipinski definition) is 2. The molecule has 1 aromatic heterocycles. The predicted octanol–water partition coefficient (Wildman–Crippen LogP) is 2.23. The van der Waals surface area contributed by atoms with Gasteiger partial charge in [0.25, 0.3) is 0 Å². The van der Waals surface area contributed by atoms with Crippen molar-refractivity contribution in [1.82, 2.24) is 4.98 Å². The van der Waals surface area contributed by atoms with E-state index in [1.807, 2.05) is 13.0 Å². The van der Waals surface area contributed by atoms with Gasteiger partial charge >= 0.3 is 0 Å². The van der Waals surface area contributed by atoms with Gasteiger partial charge in [0.2, 0.25) is 5.88 Å². The maximum Gasteiger partial charge on any atom is 0.213 e. The highest BCUT2D eigenvalue weighted by Gasteiger charge is 1.97. The summed E-state index contributed by atoms with van der Waals surface area (Å²) in [6.07, 6.45) is 1.64. The lowest BCUT2D eigenvalue weighted by Crippen LogP contribution is -2.05. The van der Waals surface area contributed by atoms with E-state index in [1.54, 1.807) is 6.20 Å². The van der Waals surface area contributed by atoms with Crippen LogP contribution in [0.15, 0.2) is 12.3 Å². The molecule has 0 fully saturated rings. The van der Waals surface area contributed by atoms with Gasteiger partial charge in [-0.3, -0.25) is 0 Å². The smallest absolute Gasteiger partial charge is 0.213 e. The van der Waals surface area contributed by atoms with Crippen LogP contribution >= 0.6 is 0 Å². The second-order valence-corrected chi connectivity index (χ2v) is 3.27. The fourth-order valence-corrected chi connectivity index (χ4v) is 0.793. The van der Waals surface area contributed by atoms with Gasteiger partial charge in [0, 0.05) is 18.3 Å². The highest BCUT2D eigenvalue weighted by molar-refractivity contribution is 5.17. The van der Waals surface area contributed by atoms with Crippen LogP contribution in [0, 0.1) is 18.9 Å². The van der Waals surface area contributed by atoms with E-state index in [2.05, 4.69) is 24.9 Å². The van der Waals surface area contributed by atoms with Crippen molar-refractivity contribution in [1.29, 1.82) is 0 Å². The molecule has 0 unspecified atom stereocenters. The number of nitrogens with zero attached hydrogens (tertiary/aromatic N) is 1. The third kappa shape index (κ3) is 2.91. The summed E-state index contributed by atoms with van der Waals surface area (Å²) in [5.41, 5.74) is 1.06. The van der Waals surface area contributed by atoms with Crippen molar-refractivity contribution in [3.05, 3.63) is 23.9 Å². The second kappa shape index (κ2) is 4.10. The Labute approximate surface area is 73.6 Å². The summed E-state index contributed by atoms with van der Waals surface area (Å²) in [7, 11) is 0. The fourth-order valence-electron chi connectivity index (χ4n) is 0.793. The maximum absolute atomic E-state index is 5.42. The Bertz CT molecular complexity index is 245. The van der Waals surface area contributed by atoms with E-state index in [9.17, 15) is 0 Å². The highest BCUT2D eigenvalue weighted by Crippen LogP contribution is 2.08. The molecular formula is C10H14NO. The Morgan fingerprint density at radius 2 is 2.33 bits per heavy atom. The molecule has 12 heavy (non-hydrogen) atoms. The average molecular weight is 164 g/mol. The van der Waals surface area contributed by atoms with E-state index in [1.165, 1.54) is 0 Å². The van der Waals surface area contributed by atoms with E-state index in [4.69, 9.17) is 4.74 Å². The molecular weight excluding hydrogens is 150 g/mol. The van der Waals surface area contributed by atoms with Gasteiger partial charge in [-0.05, 0) is 18.4 Å². The number of ether oxygens (including phenoxy) is 1. The van der Waals surface area contributed by atoms with Gasteiger partial charge in [-0.1, -0.05) is 13.8 Å². The Morgan fingerprint density at radius 3 is 2.92 bits per heavy atom. The van der Waals surface area contributed by atoms with Crippen molar-refractivity contribution in [2.24, 2.45) is 5.92 Å². The molecule has 1 aromatic rings. The lowest BCUT2D eigenvalue weighted by Gasteiger charge is -2.07. The molecule has 2 heteroatoms. The first-order valence-electron chi connectivity index (χ1n) is 4.15. The lowest BCUT2D eigenvalue weighted by atomic mass is 10.2. The van der Waals surface area contributed by atoms with Crippen molar-refractivity contribution in [2.45, 2.75) is 20.8 Å². The van der Waals surface area contributed by atoms with Crippen LogP contribution in [-0.2, 0) is 0 Å². The molecule has 0 aliphatic heterocycles. The minimum absolute atomic E-state index is 0.538. The average Bonchev–Trinajstić information content (AvgIpc) is 2.01. The molecule has 0 bridgehead atoms. The van der Waals surface area contributed by atoms with Gasteiger partial charge < -0.3 is 4.74 Å². The van der Waals surface area contributed by atoms with Crippen LogP contribution in [0.4, 0.5) is 0 Å². The molecule has 0 aromatic carbocycles. The maximum atomic E-state index is 5.42. The lowest BCUT2D eigenvalue weighted by molar-refractivity contribution is 0.261. The van der Waals surface area contributed by atoms with Crippen molar-refractivity contribution >= 4 is 0 Å². The van der Waals surface area contributed by atoms with Crippen LogP contribution in [0.1, 0.15) is 19.4 Å². The summed E-state index contributed by atoms with van der Waals surface area (Å²) < 4.78 is 5.42. The minimum Gasteiger partial charge on any atom is -0.477 e. The van der Waals surface area contributed by atoms with Gasteiger partial charge in [0.05, 0.1) is 6.61 Å². The summed E-state index contributed by atoms with van der Waals surface area (Å²) in [5, 5.41) is 0. The Morgan fingerprint density at radius 1 is 1.58 bits per heavy atom. The summed E-state index contributed by atoms with van der Waals surface area (Å²) in [5.74, 6) is 1.23. The van der Waals surface area contributed by atoms with Crippen molar-refractivity contribution in [2.75, 3.05) is 6.61 Å². The van der Waals surface area contributed by atoms with Gasteiger partial charge in [0.1, 0.15) is 0 Å². The molecule has 0 saturated heterocycles. The summed E-state index contributed by atoms with van der Waals surface area (Å²) >= 11 is 0. The van der Waals surface area contributed by atoms with Crippen LogP contribution in [-0.4, -0.2) is 11.6 Å². The first-order valence-corrected chi connectivity index (χ1v) is 4.15. The van der Waals surface area contributed by atoms with Crippen molar-refractivity contribution in [3.63, 3.8) is 0 Å². The molecule has 1 heterocycles. The molecule has 0 spiro atoms. The number of aromatic nitrogens is 1. The second-order valence-electron chi connectivity index (χ2n) is 3.27. The zero-order valence-corrected chi connectivity index (χ0v) is 7.79. The molecule has 65 valence electrons. The van der Waals surface area contributed by atoms with Crippen LogP contribution in [0.5, 0.6) is 5.88 Å². The third-order valence-corrected chi connectivity index (χ3v) is 1.39. The van der Waals surface area contributed by atoms with E-state index < -0.39 is 0 Å². The number of rotatable bonds is 3. The Kier molecular flexibility index (Phi) is 3.09. The molecule has 1 rings (SSSR count). The molecule has 0 aliphatic rings. The Balaban J connectivity index is 2.52. The molecule has 2 nitrogen and oxygen atoms in total. The van der Waals surface area contributed by atoms with E-state index in [0.29, 0.717) is 11.8 Å². The van der Waals surface area contributed by atoms with Gasteiger partial charge in [-0.15, -0.1) is 0 Å². The highest BCUT2D eigenvalue weighted by atomic mass is 16.5. The molecule has 1 radical (unpaired) electrons. The summed E-state index contributed by atoms with van der Waals surface area (Å²) in [6.45, 7) is 6.92. The first-order chi connectivity index (χ1) is 5.68. The standard InChI is InChI=1S/C10H14NO/c1-8(2)7-12-10-6-9(3)4-5-11-10/h5-6,8H,7H2,1-3H3. The van der Waals surface area contributed by atoms with Crippen LogP contribution < -0.4 is 4.74 Å². The summed E-state index contributed by atoms with van der Waals surface area (Å²) in [4.78, 5) is 4.03. The molecule has 0 saturated carbocycles. The number of pyridine rings is 1. The number of hydrogen-bond donors (Lipinski definition) is 0. The summed E-state index contributed by atoms with van der Waals surface area (Å²) in [6, 6.07) is 4.86. The van der Waals surface area contributed by atoms with Gasteiger partial charge in [-0.25, -0.2) is 4.98 Å². The number of aryl methyl sites for hydroxylation is 1. The monoisotopic (exact) mass is 164 g/mol.